The van der Waals surface area contributed by atoms with Crippen molar-refractivity contribution in [1.29, 1.82) is 0 Å². The van der Waals surface area contributed by atoms with Gasteiger partial charge in [-0.15, -0.1) is 0 Å². The van der Waals surface area contributed by atoms with Crippen molar-refractivity contribution in [2.45, 2.75) is 19.3 Å². The predicted octanol–water partition coefficient (Wildman–Crippen LogP) is 11.8. The molecule has 0 saturated carbocycles. The first-order valence-electron chi connectivity index (χ1n) is 17.6. The average Bonchev–Trinajstić information content (AvgIpc) is 3.77. The summed E-state index contributed by atoms with van der Waals surface area (Å²) >= 11 is 0. The van der Waals surface area contributed by atoms with Crippen LogP contribution in [0.3, 0.4) is 0 Å². The lowest BCUT2D eigenvalue weighted by Crippen LogP contribution is -2.14. The van der Waals surface area contributed by atoms with E-state index < -0.39 is 0 Å². The molecule has 7 aromatic carbocycles. The summed E-state index contributed by atoms with van der Waals surface area (Å²) in [5.74, 6) is 0.664. The number of fused-ring (bicyclic) bond motifs is 11. The van der Waals surface area contributed by atoms with E-state index >= 15 is 0 Å². The second kappa shape index (κ2) is 10.3. The highest BCUT2D eigenvalue weighted by Crippen LogP contribution is 2.53. The number of rotatable bonds is 3. The van der Waals surface area contributed by atoms with Crippen LogP contribution in [0.4, 0.5) is 0 Å². The highest BCUT2D eigenvalue weighted by Gasteiger charge is 2.37. The third-order valence-corrected chi connectivity index (χ3v) is 11.1. The maximum atomic E-state index is 5.42. The third-order valence-electron chi connectivity index (χ3n) is 11.1. The molecule has 1 aliphatic rings. The Labute approximate surface area is 294 Å². The Bertz CT molecular complexity index is 3000. The molecule has 4 nitrogen and oxygen atoms in total. The second-order valence-corrected chi connectivity index (χ2v) is 14.2. The van der Waals surface area contributed by atoms with Crippen LogP contribution in [0.1, 0.15) is 25.0 Å². The Balaban J connectivity index is 1.30. The maximum Gasteiger partial charge on any atom is 0.235 e. The molecule has 3 aromatic heterocycles. The first kappa shape index (κ1) is 28.3. The zero-order valence-electron chi connectivity index (χ0n) is 28.3. The molecule has 4 heteroatoms. The van der Waals surface area contributed by atoms with Gasteiger partial charge < -0.3 is 4.57 Å². The van der Waals surface area contributed by atoms with Gasteiger partial charge in [-0.05, 0) is 58.7 Å². The maximum absolute atomic E-state index is 5.42. The second-order valence-electron chi connectivity index (χ2n) is 14.2. The van der Waals surface area contributed by atoms with Crippen molar-refractivity contribution in [1.82, 2.24) is 19.1 Å². The van der Waals surface area contributed by atoms with Gasteiger partial charge in [-0.25, -0.2) is 9.97 Å². The van der Waals surface area contributed by atoms with Crippen molar-refractivity contribution in [2.75, 3.05) is 0 Å². The SMILES string of the molecule is CC1(C)c2ccccc2-c2c1ccc1c2c2ccc(-n3c4ccccc4c4ccccc43)cc2n1-c1nc(-c2ccccc2)c2ccccc2n1. The third kappa shape index (κ3) is 3.85. The van der Waals surface area contributed by atoms with Gasteiger partial charge in [0.25, 0.3) is 0 Å². The molecule has 0 radical (unpaired) electrons. The summed E-state index contributed by atoms with van der Waals surface area (Å²) in [6.45, 7) is 4.70. The van der Waals surface area contributed by atoms with Crippen LogP contribution in [0.5, 0.6) is 0 Å². The van der Waals surface area contributed by atoms with Gasteiger partial charge in [-0.2, -0.15) is 0 Å². The van der Waals surface area contributed by atoms with Gasteiger partial charge in [0, 0.05) is 43.6 Å². The Morgan fingerprint density at radius 3 is 1.92 bits per heavy atom. The highest BCUT2D eigenvalue weighted by molar-refractivity contribution is 6.18. The van der Waals surface area contributed by atoms with Gasteiger partial charge in [-0.1, -0.05) is 135 Å². The highest BCUT2D eigenvalue weighted by atomic mass is 15.2. The van der Waals surface area contributed by atoms with E-state index in [0.717, 1.165) is 38.9 Å². The standard InChI is InChI=1S/C47H32N4/c1-47(2)36-20-10-6-18-33(36)43-37(47)26-27-41-44(43)35-25-24-30(50-39-22-12-8-16-31(39)32-17-9-13-23-40(32)50)28-42(35)51(41)46-48-38-21-11-7-19-34(38)45(49-46)29-14-4-3-5-15-29/h3-28H,1-2H3. The summed E-state index contributed by atoms with van der Waals surface area (Å²) in [7, 11) is 0. The Morgan fingerprint density at radius 1 is 0.471 bits per heavy atom. The Morgan fingerprint density at radius 2 is 1.14 bits per heavy atom. The Kier molecular flexibility index (Phi) is 5.70. The molecule has 0 aliphatic heterocycles. The predicted molar refractivity (Wildman–Crippen MR) is 211 cm³/mol. The van der Waals surface area contributed by atoms with E-state index in [-0.39, 0.29) is 5.41 Å². The lowest BCUT2D eigenvalue weighted by Gasteiger charge is -2.21. The molecular weight excluding hydrogens is 621 g/mol. The van der Waals surface area contributed by atoms with Crippen LogP contribution < -0.4 is 0 Å². The molecule has 0 atom stereocenters. The zero-order chi connectivity index (χ0) is 33.8. The van der Waals surface area contributed by atoms with Gasteiger partial charge >= 0.3 is 0 Å². The monoisotopic (exact) mass is 652 g/mol. The number of hydrogen-bond acceptors (Lipinski definition) is 2. The smallest absolute Gasteiger partial charge is 0.235 e. The number of para-hydroxylation sites is 3. The normalized spacial score (nSPS) is 13.5. The van der Waals surface area contributed by atoms with Gasteiger partial charge in [0.15, 0.2) is 0 Å². The summed E-state index contributed by atoms with van der Waals surface area (Å²) in [6, 6.07) is 56.7. The molecule has 0 saturated heterocycles. The molecule has 0 unspecified atom stereocenters. The summed E-state index contributed by atoms with van der Waals surface area (Å²) in [5.41, 5.74) is 13.8. The molecule has 3 heterocycles. The summed E-state index contributed by atoms with van der Waals surface area (Å²) < 4.78 is 4.70. The first-order valence-corrected chi connectivity index (χ1v) is 17.6. The van der Waals surface area contributed by atoms with E-state index in [2.05, 4.69) is 181 Å². The van der Waals surface area contributed by atoms with Crippen LogP contribution >= 0.6 is 0 Å². The van der Waals surface area contributed by atoms with Gasteiger partial charge in [0.05, 0.1) is 33.3 Å². The van der Waals surface area contributed by atoms with Crippen molar-refractivity contribution >= 4 is 54.5 Å². The van der Waals surface area contributed by atoms with E-state index in [9.17, 15) is 0 Å². The molecule has 0 spiro atoms. The minimum absolute atomic E-state index is 0.114. The molecule has 51 heavy (non-hydrogen) atoms. The lowest BCUT2D eigenvalue weighted by atomic mass is 9.82. The molecule has 240 valence electrons. The molecule has 11 rings (SSSR count). The number of nitrogens with zero attached hydrogens (tertiary/aromatic N) is 4. The zero-order valence-corrected chi connectivity index (χ0v) is 28.3. The van der Waals surface area contributed by atoms with Crippen LogP contribution in [0.15, 0.2) is 158 Å². The van der Waals surface area contributed by atoms with E-state index in [4.69, 9.17) is 9.97 Å². The van der Waals surface area contributed by atoms with Crippen LogP contribution in [-0.4, -0.2) is 19.1 Å². The molecular formula is C47H32N4. The first-order chi connectivity index (χ1) is 25.1. The van der Waals surface area contributed by atoms with E-state index in [1.54, 1.807) is 0 Å². The number of benzene rings is 7. The molecule has 0 amide bonds. The fourth-order valence-corrected chi connectivity index (χ4v) is 8.82. The minimum atomic E-state index is -0.114. The van der Waals surface area contributed by atoms with E-state index in [1.165, 1.54) is 54.8 Å². The summed E-state index contributed by atoms with van der Waals surface area (Å²) in [6.07, 6.45) is 0. The minimum Gasteiger partial charge on any atom is -0.309 e. The largest absolute Gasteiger partial charge is 0.309 e. The number of aromatic nitrogens is 4. The van der Waals surface area contributed by atoms with E-state index in [1.807, 2.05) is 0 Å². The number of hydrogen-bond donors (Lipinski definition) is 0. The fraction of sp³-hybridized carbons (Fsp3) is 0.0638. The topological polar surface area (TPSA) is 35.6 Å². The molecule has 0 fully saturated rings. The van der Waals surface area contributed by atoms with Gasteiger partial charge in [0.1, 0.15) is 0 Å². The Hall–Kier alpha value is -6.52. The van der Waals surface area contributed by atoms with Crippen LogP contribution in [0.2, 0.25) is 0 Å². The van der Waals surface area contributed by atoms with Gasteiger partial charge in [0.2, 0.25) is 5.95 Å². The van der Waals surface area contributed by atoms with Crippen molar-refractivity contribution in [3.8, 4) is 34.0 Å². The van der Waals surface area contributed by atoms with Crippen LogP contribution in [0.25, 0.3) is 88.5 Å². The van der Waals surface area contributed by atoms with Gasteiger partial charge in [-0.3, -0.25) is 4.57 Å². The summed E-state index contributed by atoms with van der Waals surface area (Å²) in [4.78, 5) is 10.7. The molecule has 1 aliphatic carbocycles. The average molecular weight is 653 g/mol. The van der Waals surface area contributed by atoms with Crippen molar-refractivity contribution < 1.29 is 0 Å². The van der Waals surface area contributed by atoms with Crippen molar-refractivity contribution in [3.63, 3.8) is 0 Å². The lowest BCUT2D eigenvalue weighted by molar-refractivity contribution is 0.661. The van der Waals surface area contributed by atoms with Crippen LogP contribution in [-0.2, 0) is 5.41 Å². The quantitative estimate of drug-likeness (QED) is 0.190. The van der Waals surface area contributed by atoms with Crippen molar-refractivity contribution in [3.05, 3.63) is 169 Å². The molecule has 0 bridgehead atoms. The molecule has 10 aromatic rings. The van der Waals surface area contributed by atoms with Crippen molar-refractivity contribution in [2.24, 2.45) is 0 Å². The molecule has 0 N–H and O–H groups in total. The fourth-order valence-electron chi connectivity index (χ4n) is 8.82. The van der Waals surface area contributed by atoms with E-state index in [0.29, 0.717) is 5.95 Å². The van der Waals surface area contributed by atoms with Crippen LogP contribution in [0, 0.1) is 0 Å². The summed E-state index contributed by atoms with van der Waals surface area (Å²) in [5, 5.41) is 5.96.